The first kappa shape index (κ1) is 57.3. The topological polar surface area (TPSA) is 269 Å². The molecular weight excluding hydrogens is 961 g/mol. The van der Waals surface area contributed by atoms with Crippen molar-refractivity contribution in [1.82, 2.24) is 35.5 Å². The molecule has 0 aliphatic carbocycles. The average Bonchev–Trinajstić information content (AvgIpc) is 3.37. The van der Waals surface area contributed by atoms with Crippen molar-refractivity contribution in [2.24, 2.45) is 5.73 Å². The third kappa shape index (κ3) is 19.7. The number of ether oxygens (including phenoxy) is 3. The van der Waals surface area contributed by atoms with E-state index in [1.165, 1.54) is 21.5 Å². The summed E-state index contributed by atoms with van der Waals surface area (Å²) in [5, 5.41) is 22.7. The predicted molar refractivity (Wildman–Crippen MR) is 287 cm³/mol. The number of hydrogen-bond donors (Lipinski definition) is 6. The highest BCUT2D eigenvalue weighted by Crippen LogP contribution is 2.20. The predicted octanol–water partition coefficient (Wildman–Crippen LogP) is 7.56. The van der Waals surface area contributed by atoms with Crippen molar-refractivity contribution < 1.29 is 38.2 Å². The van der Waals surface area contributed by atoms with Gasteiger partial charge in [-0.3, -0.25) is 29.8 Å². The van der Waals surface area contributed by atoms with Crippen molar-refractivity contribution in [3.8, 4) is 22.5 Å². The quantitative estimate of drug-likeness (QED) is 0.0301. The van der Waals surface area contributed by atoms with Gasteiger partial charge in [0.2, 0.25) is 0 Å². The highest BCUT2D eigenvalue weighted by Gasteiger charge is 2.16. The summed E-state index contributed by atoms with van der Waals surface area (Å²) in [7, 11) is 0. The van der Waals surface area contributed by atoms with E-state index in [2.05, 4.69) is 36.8 Å². The van der Waals surface area contributed by atoms with E-state index in [1.807, 2.05) is 12.1 Å². The van der Waals surface area contributed by atoms with Crippen molar-refractivity contribution in [2.45, 2.75) is 79.0 Å². The Bertz CT molecular complexity index is 2970. The molecule has 0 aliphatic heterocycles. The molecular formula is C55H66N10O10. The molecule has 75 heavy (non-hydrogen) atoms. The summed E-state index contributed by atoms with van der Waals surface area (Å²) in [5.41, 5.74) is 10.9. The number of unbranched alkanes of at least 4 members (excludes halogenated alkanes) is 2. The van der Waals surface area contributed by atoms with E-state index in [-0.39, 0.29) is 49.2 Å². The smallest absolute Gasteiger partial charge is 0.411 e. The zero-order chi connectivity index (χ0) is 54.2. The van der Waals surface area contributed by atoms with Gasteiger partial charge in [0, 0.05) is 65.4 Å². The summed E-state index contributed by atoms with van der Waals surface area (Å²) < 4.78 is 17.7. The number of nitrogens with zero attached hydrogens (tertiary/aromatic N) is 4. The van der Waals surface area contributed by atoms with Crippen LogP contribution in [0.4, 0.5) is 25.8 Å². The van der Waals surface area contributed by atoms with Crippen LogP contribution in [-0.2, 0) is 27.3 Å². The van der Waals surface area contributed by atoms with E-state index in [1.54, 1.807) is 132 Å². The Morgan fingerprint density at radius 3 is 1.35 bits per heavy atom. The summed E-state index contributed by atoms with van der Waals surface area (Å²) in [6.45, 7) is 12.0. The molecule has 2 aromatic heterocycles. The lowest BCUT2D eigenvalue weighted by molar-refractivity contribution is 0.0526. The number of rotatable bonds is 21. The molecule has 20 heteroatoms. The number of carbonyl (C=O) groups is 5. The summed E-state index contributed by atoms with van der Waals surface area (Å²) in [6, 6.07) is 34.4. The van der Waals surface area contributed by atoms with Crippen molar-refractivity contribution in [3.63, 3.8) is 0 Å². The Morgan fingerprint density at radius 2 is 0.947 bits per heavy atom. The first-order valence-electron chi connectivity index (χ1n) is 24.7. The van der Waals surface area contributed by atoms with E-state index in [4.69, 9.17) is 19.9 Å². The van der Waals surface area contributed by atoms with E-state index >= 15 is 0 Å². The third-order valence-electron chi connectivity index (χ3n) is 10.7. The van der Waals surface area contributed by atoms with Crippen LogP contribution in [0.3, 0.4) is 0 Å². The van der Waals surface area contributed by atoms with Crippen LogP contribution in [0, 0.1) is 0 Å². The lowest BCUT2D eigenvalue weighted by Gasteiger charge is -2.19. The van der Waals surface area contributed by atoms with Crippen LogP contribution in [-0.4, -0.2) is 94.6 Å². The molecule has 20 nitrogen and oxygen atoms in total. The van der Waals surface area contributed by atoms with Crippen molar-refractivity contribution in [1.29, 1.82) is 0 Å². The van der Waals surface area contributed by atoms with Gasteiger partial charge in [-0.15, -0.1) is 0 Å². The van der Waals surface area contributed by atoms with E-state index in [9.17, 15) is 33.6 Å². The minimum Gasteiger partial charge on any atom is -0.450 e. The average molecular weight is 1030 g/mol. The Morgan fingerprint density at radius 1 is 0.533 bits per heavy atom. The molecule has 0 saturated heterocycles. The normalized spacial score (nSPS) is 10.7. The Hall–Kier alpha value is -8.65. The van der Waals surface area contributed by atoms with Gasteiger partial charge < -0.3 is 35.9 Å². The number of nitrogens with two attached hydrogens (primary N) is 1. The van der Waals surface area contributed by atoms with E-state index in [0.717, 1.165) is 35.1 Å². The van der Waals surface area contributed by atoms with Gasteiger partial charge in [0.1, 0.15) is 5.60 Å². The molecule has 396 valence electrons. The first-order chi connectivity index (χ1) is 36.0. The third-order valence-corrected chi connectivity index (χ3v) is 10.7. The van der Waals surface area contributed by atoms with Gasteiger partial charge in [-0.05, 0) is 139 Å². The van der Waals surface area contributed by atoms with E-state index < -0.39 is 23.9 Å². The second kappa shape index (κ2) is 29.2. The van der Waals surface area contributed by atoms with Crippen LogP contribution < -0.4 is 43.4 Å². The lowest BCUT2D eigenvalue weighted by Crippen LogP contribution is -2.33. The number of benzene rings is 4. The molecule has 0 spiro atoms. The van der Waals surface area contributed by atoms with Gasteiger partial charge >= 0.3 is 18.3 Å². The molecule has 7 N–H and O–H groups in total. The number of amides is 5. The Balaban J connectivity index is 0.000000282. The lowest BCUT2D eigenvalue weighted by atomic mass is 10.1. The Kier molecular flexibility index (Phi) is 22.3. The maximum Gasteiger partial charge on any atom is 0.411 e. The summed E-state index contributed by atoms with van der Waals surface area (Å²) >= 11 is 0. The Labute approximate surface area is 435 Å². The molecule has 6 rings (SSSR count). The van der Waals surface area contributed by atoms with Gasteiger partial charge in [-0.1, -0.05) is 48.5 Å². The second-order valence-electron chi connectivity index (χ2n) is 17.8. The highest BCUT2D eigenvalue weighted by molar-refractivity contribution is 5.95. The standard InChI is InChI=1S/C30H37N5O6.C25H29N5O4/c1-5-40-29(39)33-24-10-8-9-21(19-24)20-35-26(36)16-15-25(34-35)22-11-13-23(14-12-22)27(37)31-17-6-7-18-32-28(38)41-30(2,3)4;1-2-34-25(33)28-21-7-5-6-18(16-21)17-30-23(31)13-12-22(29-30)19-8-10-20(11-9-19)24(32)27-15-4-3-14-26/h8-16,19H,5-7,17-18,20H2,1-4H3,(H,31,37)(H,32,38)(H,33,39);5-13,16H,2-4,14-15,17,26H2,1H3,(H,27,32)(H,28,33). The van der Waals surface area contributed by atoms with Gasteiger partial charge in [0.15, 0.2) is 0 Å². The first-order valence-corrected chi connectivity index (χ1v) is 24.7. The number of anilines is 2. The number of carbonyl (C=O) groups excluding carboxylic acids is 5. The number of nitrogens with one attached hydrogen (secondary N) is 5. The SMILES string of the molecule is CCOC(=O)Nc1cccc(Cn2nc(-c3ccc(C(=O)NCCCCN)cc3)ccc2=O)c1.CCOC(=O)Nc1cccc(Cn2nc(-c3ccc(C(=O)NCCCCNC(=O)OC(C)(C)C)cc3)ccc2=O)c1. The molecule has 0 atom stereocenters. The molecule has 2 heterocycles. The van der Waals surface area contributed by atoms with Crippen LogP contribution in [0.1, 0.15) is 92.1 Å². The van der Waals surface area contributed by atoms with Crippen LogP contribution in [0.5, 0.6) is 0 Å². The van der Waals surface area contributed by atoms with Gasteiger partial charge in [0.25, 0.3) is 22.9 Å². The largest absolute Gasteiger partial charge is 0.450 e. The maximum absolute atomic E-state index is 12.5. The second-order valence-corrected chi connectivity index (χ2v) is 17.8. The fourth-order valence-electron chi connectivity index (χ4n) is 7.06. The molecule has 0 radical (unpaired) electrons. The summed E-state index contributed by atoms with van der Waals surface area (Å²) in [4.78, 5) is 84.7. The zero-order valence-corrected chi connectivity index (χ0v) is 43.0. The van der Waals surface area contributed by atoms with Crippen molar-refractivity contribution in [2.75, 3.05) is 50.0 Å². The van der Waals surface area contributed by atoms with E-state index in [0.29, 0.717) is 72.9 Å². The van der Waals surface area contributed by atoms with Crippen LogP contribution in [0.15, 0.2) is 131 Å². The van der Waals surface area contributed by atoms with Crippen LogP contribution in [0.25, 0.3) is 22.5 Å². The molecule has 5 amide bonds. The fourth-order valence-corrected chi connectivity index (χ4v) is 7.06. The molecule has 0 unspecified atom stereocenters. The van der Waals surface area contributed by atoms with Crippen molar-refractivity contribution in [3.05, 3.63) is 164 Å². The summed E-state index contributed by atoms with van der Waals surface area (Å²) in [5.74, 6) is -0.344. The monoisotopic (exact) mass is 1030 g/mol. The molecule has 6 aromatic rings. The summed E-state index contributed by atoms with van der Waals surface area (Å²) in [6.07, 6.45) is 1.57. The maximum atomic E-state index is 12.5. The molecule has 0 fully saturated rings. The fraction of sp³-hybridized carbons (Fsp3) is 0.327. The molecule has 0 bridgehead atoms. The minimum atomic E-state index is -0.549. The van der Waals surface area contributed by atoms with Crippen LogP contribution >= 0.6 is 0 Å². The number of alkyl carbamates (subject to hydrolysis) is 1. The van der Waals surface area contributed by atoms with Gasteiger partial charge in [0.05, 0.1) is 37.7 Å². The van der Waals surface area contributed by atoms with Gasteiger partial charge in [-0.25, -0.2) is 23.7 Å². The minimum absolute atomic E-state index is 0.141. The van der Waals surface area contributed by atoms with Crippen LogP contribution in [0.2, 0.25) is 0 Å². The van der Waals surface area contributed by atoms with Gasteiger partial charge in [-0.2, -0.15) is 10.2 Å². The van der Waals surface area contributed by atoms with Crippen molar-refractivity contribution >= 4 is 41.5 Å². The highest BCUT2D eigenvalue weighted by atomic mass is 16.6. The number of hydrogen-bond acceptors (Lipinski definition) is 13. The number of aromatic nitrogens is 4. The zero-order valence-electron chi connectivity index (χ0n) is 43.0. The molecule has 0 aliphatic rings. The molecule has 0 saturated carbocycles. The molecule has 4 aromatic carbocycles.